The van der Waals surface area contributed by atoms with Gasteiger partial charge in [-0.25, -0.2) is 0 Å². The molecule has 84 valence electrons. The Bertz CT molecular complexity index is 285. The number of fused-ring (bicyclic) bond motifs is 1. The van der Waals surface area contributed by atoms with E-state index in [9.17, 15) is 0 Å². The van der Waals surface area contributed by atoms with Crippen molar-refractivity contribution in [3.05, 3.63) is 0 Å². The molecular formula is C12H20N2O. The molecule has 3 nitrogen and oxygen atoms in total. The van der Waals surface area contributed by atoms with Crippen LogP contribution >= 0.6 is 0 Å². The van der Waals surface area contributed by atoms with Crippen molar-refractivity contribution in [1.82, 2.24) is 10.2 Å². The van der Waals surface area contributed by atoms with E-state index in [-0.39, 0.29) is 0 Å². The van der Waals surface area contributed by atoms with Crippen LogP contribution in [0.4, 0.5) is 0 Å². The summed E-state index contributed by atoms with van der Waals surface area (Å²) in [5.74, 6) is 1.02. The molecule has 0 radical (unpaired) electrons. The summed E-state index contributed by atoms with van der Waals surface area (Å²) in [6.45, 7) is 6.77. The maximum absolute atomic E-state index is 5.48. The van der Waals surface area contributed by atoms with Gasteiger partial charge in [0, 0.05) is 37.1 Å². The zero-order valence-corrected chi connectivity index (χ0v) is 9.30. The number of nitrogens with zero attached hydrogens (tertiary/aromatic N) is 1. The number of morpholine rings is 1. The highest BCUT2D eigenvalue weighted by molar-refractivity contribution is 5.35. The Hall–Kier alpha value is -0.120. The number of nitrogens with one attached hydrogen (secondary N) is 1. The summed E-state index contributed by atoms with van der Waals surface area (Å²) in [6.07, 6.45) is 4.43. The van der Waals surface area contributed by atoms with Crippen molar-refractivity contribution in [3.8, 4) is 0 Å². The third kappa shape index (κ3) is 0.855. The lowest BCUT2D eigenvalue weighted by Gasteiger charge is -2.37. The number of rotatable bonds is 1. The van der Waals surface area contributed by atoms with Gasteiger partial charge in [-0.05, 0) is 18.8 Å². The minimum atomic E-state index is 0.565. The van der Waals surface area contributed by atoms with E-state index >= 15 is 0 Å². The van der Waals surface area contributed by atoms with E-state index in [1.54, 1.807) is 0 Å². The molecule has 0 aromatic rings. The van der Waals surface area contributed by atoms with Crippen molar-refractivity contribution < 1.29 is 4.74 Å². The smallest absolute Gasteiger partial charge is 0.0594 e. The minimum absolute atomic E-state index is 0.565. The van der Waals surface area contributed by atoms with Crippen molar-refractivity contribution in [1.29, 1.82) is 0 Å². The van der Waals surface area contributed by atoms with Crippen molar-refractivity contribution in [3.63, 3.8) is 0 Å². The van der Waals surface area contributed by atoms with Gasteiger partial charge in [0.1, 0.15) is 0 Å². The molecule has 15 heavy (non-hydrogen) atoms. The van der Waals surface area contributed by atoms with Gasteiger partial charge in [-0.1, -0.05) is 6.42 Å². The van der Waals surface area contributed by atoms with Crippen molar-refractivity contribution in [2.45, 2.75) is 24.8 Å². The Labute approximate surface area is 91.2 Å². The Morgan fingerprint density at radius 3 is 2.87 bits per heavy atom. The summed E-state index contributed by atoms with van der Waals surface area (Å²) in [7, 11) is 0. The van der Waals surface area contributed by atoms with Gasteiger partial charge in [0.05, 0.1) is 13.2 Å². The second-order valence-electron chi connectivity index (χ2n) is 5.73. The Morgan fingerprint density at radius 2 is 2.07 bits per heavy atom. The molecule has 0 bridgehead atoms. The predicted molar refractivity (Wildman–Crippen MR) is 57.8 cm³/mol. The van der Waals surface area contributed by atoms with E-state index in [4.69, 9.17) is 4.74 Å². The molecule has 4 aliphatic rings. The molecule has 3 heteroatoms. The fourth-order valence-corrected chi connectivity index (χ4v) is 5.02. The van der Waals surface area contributed by atoms with Crippen molar-refractivity contribution in [2.75, 3.05) is 39.4 Å². The average Bonchev–Trinajstić information content (AvgIpc) is 2.70. The highest BCUT2D eigenvalue weighted by Gasteiger charge is 2.81. The molecule has 1 spiro atoms. The second-order valence-corrected chi connectivity index (χ2v) is 5.73. The summed E-state index contributed by atoms with van der Waals surface area (Å²) < 4.78 is 5.48. The maximum atomic E-state index is 5.48. The van der Waals surface area contributed by atoms with Gasteiger partial charge in [0.25, 0.3) is 0 Å². The van der Waals surface area contributed by atoms with Gasteiger partial charge in [-0.2, -0.15) is 0 Å². The van der Waals surface area contributed by atoms with Crippen molar-refractivity contribution >= 4 is 0 Å². The Balaban J connectivity index is 1.65. The standard InChI is InChI=1S/C12H20N2O/c1-2-10-11(3-1)8-13-9-12(10,11)14-4-6-15-7-5-14/h10,13H,1-9H2/t10-,11-,12-/m1/s1. The lowest BCUT2D eigenvalue weighted by Crippen LogP contribution is -2.50. The fourth-order valence-electron chi connectivity index (χ4n) is 5.02. The summed E-state index contributed by atoms with van der Waals surface area (Å²) in [4.78, 5) is 2.75. The first kappa shape index (κ1) is 8.97. The SMILES string of the molecule is C1C[C@@H]2[C@@]3(C1)CNC[C@@]23N1CCOCC1. The second kappa shape index (κ2) is 2.76. The van der Waals surface area contributed by atoms with Crippen LogP contribution in [0.3, 0.4) is 0 Å². The fraction of sp³-hybridized carbons (Fsp3) is 1.00. The molecule has 2 saturated carbocycles. The third-order valence-electron chi connectivity index (χ3n) is 5.55. The summed E-state index contributed by atoms with van der Waals surface area (Å²) in [5, 5.41) is 3.64. The van der Waals surface area contributed by atoms with Gasteiger partial charge in [-0.15, -0.1) is 0 Å². The monoisotopic (exact) mass is 208 g/mol. The highest BCUT2D eigenvalue weighted by Crippen LogP contribution is 2.74. The molecule has 0 aromatic carbocycles. The Kier molecular flexibility index (Phi) is 1.65. The lowest BCUT2D eigenvalue weighted by molar-refractivity contribution is 0.000130. The molecule has 2 aliphatic carbocycles. The molecule has 3 atom stereocenters. The first-order valence-corrected chi connectivity index (χ1v) is 6.44. The van der Waals surface area contributed by atoms with Crippen LogP contribution in [-0.2, 0) is 4.74 Å². The average molecular weight is 208 g/mol. The number of hydrogen-bond acceptors (Lipinski definition) is 3. The van der Waals surface area contributed by atoms with E-state index in [0.717, 1.165) is 19.1 Å². The summed E-state index contributed by atoms with van der Waals surface area (Å²) in [5.41, 5.74) is 1.25. The molecule has 4 rings (SSSR count). The van der Waals surface area contributed by atoms with E-state index in [1.807, 2.05) is 0 Å². The number of ether oxygens (including phenoxy) is 1. The third-order valence-corrected chi connectivity index (χ3v) is 5.55. The molecule has 2 heterocycles. The van der Waals surface area contributed by atoms with Gasteiger partial charge in [0.2, 0.25) is 0 Å². The molecule has 0 unspecified atom stereocenters. The molecular weight excluding hydrogens is 188 g/mol. The molecule has 1 N–H and O–H groups in total. The zero-order chi connectivity index (χ0) is 9.93. The van der Waals surface area contributed by atoms with Crippen LogP contribution in [-0.4, -0.2) is 49.8 Å². The quantitative estimate of drug-likeness (QED) is 0.677. The zero-order valence-electron chi connectivity index (χ0n) is 9.30. The van der Waals surface area contributed by atoms with Crippen LogP contribution in [0.1, 0.15) is 19.3 Å². The van der Waals surface area contributed by atoms with Crippen LogP contribution in [0.15, 0.2) is 0 Å². The molecule has 4 fully saturated rings. The van der Waals surface area contributed by atoms with Crippen molar-refractivity contribution in [2.24, 2.45) is 11.3 Å². The van der Waals surface area contributed by atoms with Crippen LogP contribution < -0.4 is 5.32 Å². The van der Waals surface area contributed by atoms with E-state index in [1.165, 1.54) is 45.4 Å². The minimum Gasteiger partial charge on any atom is -0.379 e. The maximum Gasteiger partial charge on any atom is 0.0594 e. The highest BCUT2D eigenvalue weighted by atomic mass is 16.5. The van der Waals surface area contributed by atoms with Gasteiger partial charge in [-0.3, -0.25) is 4.90 Å². The first-order chi connectivity index (χ1) is 7.40. The van der Waals surface area contributed by atoms with E-state index < -0.39 is 0 Å². The molecule has 2 aliphatic heterocycles. The predicted octanol–water partition coefficient (Wildman–Crippen LogP) is 0.461. The molecule has 0 aromatic heterocycles. The van der Waals surface area contributed by atoms with Crippen LogP contribution in [0.2, 0.25) is 0 Å². The normalized spacial score (nSPS) is 54.0. The van der Waals surface area contributed by atoms with E-state index in [2.05, 4.69) is 10.2 Å². The lowest BCUT2D eigenvalue weighted by atomic mass is 9.96. The summed E-state index contributed by atoms with van der Waals surface area (Å²) >= 11 is 0. The first-order valence-electron chi connectivity index (χ1n) is 6.44. The van der Waals surface area contributed by atoms with Crippen LogP contribution in [0.25, 0.3) is 0 Å². The largest absolute Gasteiger partial charge is 0.379 e. The topological polar surface area (TPSA) is 24.5 Å². The number of hydrogen-bond donors (Lipinski definition) is 1. The molecule has 0 amide bonds. The molecule has 2 saturated heterocycles. The van der Waals surface area contributed by atoms with Crippen LogP contribution in [0.5, 0.6) is 0 Å². The summed E-state index contributed by atoms with van der Waals surface area (Å²) in [6, 6.07) is 0. The van der Waals surface area contributed by atoms with Crippen LogP contribution in [0, 0.1) is 11.3 Å². The van der Waals surface area contributed by atoms with Gasteiger partial charge < -0.3 is 10.1 Å². The van der Waals surface area contributed by atoms with Gasteiger partial charge >= 0.3 is 0 Å². The number of piperidine rings is 1. The Morgan fingerprint density at radius 1 is 1.20 bits per heavy atom. The van der Waals surface area contributed by atoms with E-state index in [0.29, 0.717) is 11.0 Å². The van der Waals surface area contributed by atoms with Gasteiger partial charge in [0.15, 0.2) is 0 Å².